The summed E-state index contributed by atoms with van der Waals surface area (Å²) in [5, 5.41) is 13.6. The zero-order valence-corrected chi connectivity index (χ0v) is 18.7. The highest BCUT2D eigenvalue weighted by atomic mass is 35.5. The minimum atomic E-state index is -0.773. The van der Waals surface area contributed by atoms with Crippen LogP contribution < -0.4 is 17.3 Å². The quantitative estimate of drug-likeness (QED) is 0.334. The van der Waals surface area contributed by atoms with Crippen LogP contribution >= 0.6 is 23.2 Å². The van der Waals surface area contributed by atoms with Crippen molar-refractivity contribution >= 4 is 34.9 Å². The molecule has 3 rings (SSSR count). The van der Waals surface area contributed by atoms with Crippen molar-refractivity contribution in [2.75, 3.05) is 26.2 Å². The Labute approximate surface area is 195 Å². The van der Waals surface area contributed by atoms with Crippen molar-refractivity contribution in [2.24, 2.45) is 11.1 Å². The van der Waals surface area contributed by atoms with Crippen molar-refractivity contribution < 1.29 is 40.8 Å². The molecule has 2 aromatic carbocycles. The predicted molar refractivity (Wildman–Crippen MR) is 110 cm³/mol. The zero-order valence-electron chi connectivity index (χ0n) is 16.4. The number of rotatable bonds is 7. The second kappa shape index (κ2) is 11.6. The van der Waals surface area contributed by atoms with Gasteiger partial charge in [-0.25, -0.2) is 8.78 Å². The number of hydrogen-bond acceptors (Lipinski definition) is 3. The summed E-state index contributed by atoms with van der Waals surface area (Å²) >= 11 is 12.4. The van der Waals surface area contributed by atoms with Gasteiger partial charge in [-0.3, -0.25) is 4.79 Å². The third-order valence-corrected chi connectivity index (χ3v) is 5.67. The lowest BCUT2D eigenvalue weighted by Crippen LogP contribution is -3.14. The van der Waals surface area contributed by atoms with Crippen LogP contribution in [0.15, 0.2) is 41.6 Å². The number of quaternary nitrogens is 1. The molecule has 1 saturated heterocycles. The molecule has 0 bridgehead atoms. The molecule has 2 atom stereocenters. The summed E-state index contributed by atoms with van der Waals surface area (Å²) in [4.78, 5) is 17.8. The van der Waals surface area contributed by atoms with E-state index in [0.717, 1.165) is 30.0 Å². The lowest BCUT2D eigenvalue weighted by atomic mass is 9.98. The van der Waals surface area contributed by atoms with Gasteiger partial charge in [0.1, 0.15) is 29.8 Å². The van der Waals surface area contributed by atoms with Gasteiger partial charge in [0.15, 0.2) is 6.61 Å². The summed E-state index contributed by atoms with van der Waals surface area (Å²) in [5.74, 6) is -2.12. The van der Waals surface area contributed by atoms with E-state index in [1.54, 1.807) is 0 Å². The van der Waals surface area contributed by atoms with Gasteiger partial charge in [0.25, 0.3) is 0 Å². The van der Waals surface area contributed by atoms with Gasteiger partial charge in [0.05, 0.1) is 23.1 Å². The monoisotopic (exact) mass is 492 g/mol. The van der Waals surface area contributed by atoms with Crippen molar-refractivity contribution in [1.29, 1.82) is 0 Å². The molecule has 0 radical (unpaired) electrons. The molecule has 10 heteroatoms. The molecule has 5 nitrogen and oxygen atoms in total. The van der Waals surface area contributed by atoms with Crippen molar-refractivity contribution in [3.8, 4) is 0 Å². The van der Waals surface area contributed by atoms with E-state index in [1.807, 2.05) is 0 Å². The summed E-state index contributed by atoms with van der Waals surface area (Å²) in [5.41, 5.74) is 1.03. The maximum Gasteiger partial charge on any atom is 0.312 e. The molecule has 168 valence electrons. The van der Waals surface area contributed by atoms with Crippen LogP contribution in [0.25, 0.3) is 0 Å². The van der Waals surface area contributed by atoms with Crippen molar-refractivity contribution in [3.05, 3.63) is 69.2 Å². The highest BCUT2D eigenvalue weighted by molar-refractivity contribution is 6.38. The Balaban J connectivity index is 0.00000341. The number of nitrogens with zero attached hydrogens (tertiary/aromatic N) is 1. The molecule has 0 aromatic heterocycles. The van der Waals surface area contributed by atoms with Gasteiger partial charge in [0, 0.05) is 11.1 Å². The van der Waals surface area contributed by atoms with Crippen LogP contribution in [-0.4, -0.2) is 43.0 Å². The van der Waals surface area contributed by atoms with Gasteiger partial charge in [-0.1, -0.05) is 28.4 Å². The van der Waals surface area contributed by atoms with Gasteiger partial charge < -0.3 is 27.3 Å². The first kappa shape index (κ1) is 25.3. The second-order valence-corrected chi connectivity index (χ2v) is 7.97. The van der Waals surface area contributed by atoms with Gasteiger partial charge in [-0.2, -0.15) is 0 Å². The van der Waals surface area contributed by atoms with Gasteiger partial charge >= 0.3 is 5.97 Å². The number of carbonyl (C=O) groups is 1. The van der Waals surface area contributed by atoms with E-state index in [1.165, 1.54) is 24.3 Å². The number of likely N-dealkylation sites (tertiary alicyclic amines) is 1. The van der Waals surface area contributed by atoms with Crippen molar-refractivity contribution in [2.45, 2.75) is 12.8 Å². The Hall–Kier alpha value is -1.93. The van der Waals surface area contributed by atoms with E-state index in [0.29, 0.717) is 30.6 Å². The fraction of sp³-hybridized carbons (Fsp3) is 0.333. The van der Waals surface area contributed by atoms with E-state index in [9.17, 15) is 18.7 Å². The van der Waals surface area contributed by atoms with Crippen LogP contribution in [-0.2, 0) is 9.63 Å². The fourth-order valence-corrected chi connectivity index (χ4v) is 4.01. The summed E-state index contributed by atoms with van der Waals surface area (Å²) in [6.07, 6.45) is 1.53. The number of nitrogens with one attached hydrogen (secondary N) is 1. The molecule has 0 saturated carbocycles. The summed E-state index contributed by atoms with van der Waals surface area (Å²) in [6, 6.07) is 7.66. The molecule has 2 N–H and O–H groups in total. The van der Waals surface area contributed by atoms with E-state index in [2.05, 4.69) is 5.16 Å². The third-order valence-electron chi connectivity index (χ3n) is 5.04. The average Bonchev–Trinajstić information content (AvgIpc) is 2.70. The molecule has 1 unspecified atom stereocenters. The maximum atomic E-state index is 13.5. The highest BCUT2D eigenvalue weighted by Crippen LogP contribution is 2.26. The number of oxime groups is 1. The lowest BCUT2D eigenvalue weighted by molar-refractivity contribution is -0.907. The fourth-order valence-electron chi connectivity index (χ4n) is 3.50. The Kier molecular flexibility index (Phi) is 9.50. The first-order valence-corrected chi connectivity index (χ1v) is 10.3. The van der Waals surface area contributed by atoms with Crippen LogP contribution in [0, 0.1) is 17.6 Å². The minimum Gasteiger partial charge on any atom is -1.00 e. The second-order valence-electron chi connectivity index (χ2n) is 7.15. The number of piperidine rings is 1. The van der Waals surface area contributed by atoms with Crippen LogP contribution in [0.5, 0.6) is 0 Å². The number of carboxylic acid groups (broad SMARTS) is 1. The number of carboxylic acids is 1. The standard InChI is InChI=1S/C21H20Cl2F2N2O3.ClH/c22-18-10-14(24)3-5-16(18)20(17-6-4-15(25)11-19(17)23)26-30-9-8-27-7-1-2-13(12-27)21(28)29;/h3-6,10-11,13H,1-2,7-9,12H2,(H,28,29);1H/t13-;/m1./s1. The molecular formula is C21H21Cl3F2N2O3. The largest absolute Gasteiger partial charge is 1.00 e. The SMILES string of the molecule is O=C(O)[C@@H]1CCC[NH+](CCON=C(c2ccc(F)cc2Cl)c2ccc(F)cc2Cl)C1.[Cl-]. The summed E-state index contributed by atoms with van der Waals surface area (Å²) < 4.78 is 26.9. The molecular weight excluding hydrogens is 473 g/mol. The lowest BCUT2D eigenvalue weighted by Gasteiger charge is -2.27. The Bertz CT molecular complexity index is 906. The average molecular weight is 494 g/mol. The van der Waals surface area contributed by atoms with Gasteiger partial charge in [-0.15, -0.1) is 0 Å². The number of aliphatic carboxylic acids is 1. The molecule has 1 fully saturated rings. The summed E-state index contributed by atoms with van der Waals surface area (Å²) in [6.45, 7) is 2.23. The van der Waals surface area contributed by atoms with E-state index in [4.69, 9.17) is 28.0 Å². The van der Waals surface area contributed by atoms with E-state index < -0.39 is 17.6 Å². The molecule has 1 aliphatic rings. The Morgan fingerprint density at radius 3 is 2.23 bits per heavy atom. The Morgan fingerprint density at radius 1 is 1.13 bits per heavy atom. The molecule has 1 heterocycles. The molecule has 31 heavy (non-hydrogen) atoms. The van der Waals surface area contributed by atoms with Crippen LogP contribution in [0.4, 0.5) is 8.78 Å². The third kappa shape index (κ3) is 6.77. The molecule has 0 aliphatic carbocycles. The zero-order chi connectivity index (χ0) is 21.7. The number of benzene rings is 2. The molecule has 2 aromatic rings. The number of halogens is 5. The van der Waals surface area contributed by atoms with Crippen LogP contribution in [0.2, 0.25) is 10.0 Å². The number of hydrogen-bond donors (Lipinski definition) is 2. The predicted octanol–water partition coefficient (Wildman–Crippen LogP) is 0.424. The molecule has 0 spiro atoms. The van der Waals surface area contributed by atoms with Crippen LogP contribution in [0.1, 0.15) is 24.0 Å². The summed E-state index contributed by atoms with van der Waals surface area (Å²) in [7, 11) is 0. The smallest absolute Gasteiger partial charge is 0.312 e. The molecule has 1 aliphatic heterocycles. The maximum absolute atomic E-state index is 13.5. The minimum absolute atomic E-state index is 0. The van der Waals surface area contributed by atoms with E-state index >= 15 is 0 Å². The van der Waals surface area contributed by atoms with Gasteiger partial charge in [0.2, 0.25) is 0 Å². The topological polar surface area (TPSA) is 63.3 Å². The first-order valence-electron chi connectivity index (χ1n) is 9.52. The van der Waals surface area contributed by atoms with E-state index in [-0.39, 0.29) is 40.7 Å². The van der Waals surface area contributed by atoms with Crippen molar-refractivity contribution in [3.63, 3.8) is 0 Å². The van der Waals surface area contributed by atoms with Crippen LogP contribution in [0.3, 0.4) is 0 Å². The van der Waals surface area contributed by atoms with Crippen molar-refractivity contribution in [1.82, 2.24) is 0 Å². The molecule has 0 amide bonds. The van der Waals surface area contributed by atoms with Gasteiger partial charge in [-0.05, 0) is 49.2 Å². The highest BCUT2D eigenvalue weighted by Gasteiger charge is 2.28. The first-order chi connectivity index (χ1) is 14.3. The normalized spacial score (nSPS) is 18.1. The Morgan fingerprint density at radius 2 is 1.71 bits per heavy atom.